The molecule has 2 aromatic heterocycles. The number of nitrogens with one attached hydrogen (secondary N) is 1. The predicted molar refractivity (Wildman–Crippen MR) is 131 cm³/mol. The molecule has 1 saturated carbocycles. The summed E-state index contributed by atoms with van der Waals surface area (Å²) in [6.07, 6.45) is 7.25. The molecule has 0 bridgehead atoms. The molecule has 1 amide bonds. The number of aryl methyl sites for hydroxylation is 1. The first-order chi connectivity index (χ1) is 16.5. The third-order valence-corrected chi connectivity index (χ3v) is 6.77. The van der Waals surface area contributed by atoms with Crippen LogP contribution in [0.3, 0.4) is 0 Å². The third-order valence-electron chi connectivity index (χ3n) is 6.77. The van der Waals surface area contributed by atoms with Crippen LogP contribution in [0.4, 0.5) is 10.1 Å². The summed E-state index contributed by atoms with van der Waals surface area (Å²) in [7, 11) is 0. The molecule has 5 nitrogen and oxygen atoms in total. The Kier molecular flexibility index (Phi) is 6.05. The van der Waals surface area contributed by atoms with Gasteiger partial charge in [0.1, 0.15) is 11.5 Å². The molecule has 1 aliphatic carbocycles. The quantitative estimate of drug-likeness (QED) is 0.333. The maximum absolute atomic E-state index is 13.5. The fraction of sp³-hybridized carbons (Fsp3) is 0.286. The van der Waals surface area contributed by atoms with Gasteiger partial charge in [-0.25, -0.2) is 9.37 Å². The molecule has 1 N–H and O–H groups in total. The molecule has 2 heterocycles. The molecule has 6 heteroatoms. The molecule has 1 aliphatic rings. The van der Waals surface area contributed by atoms with Gasteiger partial charge in [-0.05, 0) is 79.8 Å². The van der Waals surface area contributed by atoms with Crippen LogP contribution in [0.1, 0.15) is 60.3 Å². The van der Waals surface area contributed by atoms with Crippen LogP contribution in [0.5, 0.6) is 0 Å². The molecule has 2 aromatic carbocycles. The van der Waals surface area contributed by atoms with Crippen LogP contribution in [-0.4, -0.2) is 15.5 Å². The van der Waals surface area contributed by atoms with E-state index in [0.29, 0.717) is 11.8 Å². The van der Waals surface area contributed by atoms with E-state index in [4.69, 9.17) is 4.42 Å². The number of amides is 1. The topological polar surface area (TPSA) is 60.1 Å². The molecule has 0 saturated heterocycles. The number of aromatic nitrogens is 2. The van der Waals surface area contributed by atoms with E-state index < -0.39 is 0 Å². The van der Waals surface area contributed by atoms with Gasteiger partial charge in [0, 0.05) is 17.3 Å². The Balaban J connectivity index is 1.50. The zero-order valence-electron chi connectivity index (χ0n) is 19.5. The fourth-order valence-corrected chi connectivity index (χ4v) is 4.86. The molecule has 0 atom stereocenters. The molecule has 5 rings (SSSR count). The molecule has 0 unspecified atom stereocenters. The maximum Gasteiger partial charge on any atom is 0.291 e. The van der Waals surface area contributed by atoms with Crippen molar-refractivity contribution in [2.75, 3.05) is 5.32 Å². The van der Waals surface area contributed by atoms with Gasteiger partial charge in [0.25, 0.3) is 5.91 Å². The average Bonchev–Trinajstić information content (AvgIpc) is 3.60. The monoisotopic (exact) mass is 457 g/mol. The highest BCUT2D eigenvalue weighted by atomic mass is 19.1. The summed E-state index contributed by atoms with van der Waals surface area (Å²) in [5.41, 5.74) is 5.39. The van der Waals surface area contributed by atoms with Crippen molar-refractivity contribution >= 4 is 11.6 Å². The summed E-state index contributed by atoms with van der Waals surface area (Å²) in [4.78, 5) is 17.7. The van der Waals surface area contributed by atoms with Crippen LogP contribution in [0.2, 0.25) is 0 Å². The van der Waals surface area contributed by atoms with E-state index >= 15 is 0 Å². The lowest BCUT2D eigenvalue weighted by Crippen LogP contribution is -2.12. The first kappa shape index (κ1) is 22.1. The van der Waals surface area contributed by atoms with E-state index in [9.17, 15) is 9.18 Å². The minimum atomic E-state index is -0.294. The number of furan rings is 1. The first-order valence-electron chi connectivity index (χ1n) is 11.9. The standard InChI is InChI=1S/C28H28FN3O2/c1-3-19-7-6-10-23(18(19)2)31-28(33)25-16-15-24(34-25)27-26(20-11-13-21(29)14-12-20)30-17-32(27)22-8-4-5-9-22/h6-7,10-17,22H,3-5,8-9H2,1-2H3,(H,31,33). The second kappa shape index (κ2) is 9.29. The normalized spacial score (nSPS) is 14.0. The number of hydrogen-bond donors (Lipinski definition) is 1. The minimum Gasteiger partial charge on any atom is -0.449 e. The summed E-state index contributed by atoms with van der Waals surface area (Å²) in [5, 5.41) is 2.99. The smallest absolute Gasteiger partial charge is 0.291 e. The van der Waals surface area contributed by atoms with Crippen molar-refractivity contribution in [1.82, 2.24) is 9.55 Å². The summed E-state index contributed by atoms with van der Waals surface area (Å²) in [5.74, 6) is 0.228. The van der Waals surface area contributed by atoms with Crippen molar-refractivity contribution in [2.24, 2.45) is 0 Å². The van der Waals surface area contributed by atoms with E-state index in [1.807, 2.05) is 31.5 Å². The second-order valence-electron chi connectivity index (χ2n) is 8.86. The number of imidazole rings is 1. The fourth-order valence-electron chi connectivity index (χ4n) is 4.86. The lowest BCUT2D eigenvalue weighted by molar-refractivity contribution is 0.0997. The van der Waals surface area contributed by atoms with Crippen molar-refractivity contribution in [3.63, 3.8) is 0 Å². The van der Waals surface area contributed by atoms with Crippen LogP contribution in [0.15, 0.2) is 65.3 Å². The zero-order valence-corrected chi connectivity index (χ0v) is 19.5. The number of carbonyl (C=O) groups excluding carboxylic acids is 1. The van der Waals surface area contributed by atoms with Crippen molar-refractivity contribution in [3.8, 4) is 22.7 Å². The van der Waals surface area contributed by atoms with Gasteiger partial charge in [-0.15, -0.1) is 0 Å². The van der Waals surface area contributed by atoms with Gasteiger partial charge in [-0.3, -0.25) is 4.79 Å². The molecule has 1 fully saturated rings. The van der Waals surface area contributed by atoms with E-state index in [-0.39, 0.29) is 17.5 Å². The summed E-state index contributed by atoms with van der Waals surface area (Å²) in [6, 6.07) is 16.1. The largest absolute Gasteiger partial charge is 0.449 e. The van der Waals surface area contributed by atoms with Crippen LogP contribution in [-0.2, 0) is 6.42 Å². The number of halogens is 1. The van der Waals surface area contributed by atoms with E-state index in [2.05, 4.69) is 27.9 Å². The Bertz CT molecular complexity index is 1310. The Hall–Kier alpha value is -3.67. The zero-order chi connectivity index (χ0) is 23.7. The van der Waals surface area contributed by atoms with Crippen molar-refractivity contribution < 1.29 is 13.6 Å². The number of carbonyl (C=O) groups is 1. The van der Waals surface area contributed by atoms with Gasteiger partial charge in [0.15, 0.2) is 11.5 Å². The van der Waals surface area contributed by atoms with Crippen molar-refractivity contribution in [1.29, 1.82) is 0 Å². The van der Waals surface area contributed by atoms with Crippen LogP contribution >= 0.6 is 0 Å². The van der Waals surface area contributed by atoms with Crippen LogP contribution in [0.25, 0.3) is 22.7 Å². The number of benzene rings is 2. The highest BCUT2D eigenvalue weighted by Gasteiger charge is 2.26. The Morgan fingerprint density at radius 3 is 2.62 bits per heavy atom. The highest BCUT2D eigenvalue weighted by Crippen LogP contribution is 2.39. The van der Waals surface area contributed by atoms with Crippen LogP contribution in [0, 0.1) is 12.7 Å². The van der Waals surface area contributed by atoms with Crippen LogP contribution < -0.4 is 5.32 Å². The first-order valence-corrected chi connectivity index (χ1v) is 11.9. The molecule has 0 aliphatic heterocycles. The number of hydrogen-bond acceptors (Lipinski definition) is 3. The summed E-state index contributed by atoms with van der Waals surface area (Å²) < 4.78 is 21.8. The number of nitrogens with zero attached hydrogens (tertiary/aromatic N) is 2. The van der Waals surface area contributed by atoms with Gasteiger partial charge in [-0.2, -0.15) is 0 Å². The van der Waals surface area contributed by atoms with Gasteiger partial charge >= 0.3 is 0 Å². The molecule has 174 valence electrons. The van der Waals surface area contributed by atoms with Crippen molar-refractivity contribution in [2.45, 2.75) is 52.0 Å². The van der Waals surface area contributed by atoms with E-state index in [1.54, 1.807) is 18.2 Å². The average molecular weight is 458 g/mol. The van der Waals surface area contributed by atoms with Gasteiger partial charge < -0.3 is 14.3 Å². The minimum absolute atomic E-state index is 0.237. The predicted octanol–water partition coefficient (Wildman–Crippen LogP) is 7.19. The molecule has 0 radical (unpaired) electrons. The maximum atomic E-state index is 13.5. The van der Waals surface area contributed by atoms with Gasteiger partial charge in [0.05, 0.1) is 12.0 Å². The van der Waals surface area contributed by atoms with Crippen molar-refractivity contribution in [3.05, 3.63) is 83.6 Å². The number of anilines is 1. The SMILES string of the molecule is CCc1cccc(NC(=O)c2ccc(-c3c(-c4ccc(F)cc4)ncn3C3CCCC3)o2)c1C. The van der Waals surface area contributed by atoms with E-state index in [0.717, 1.165) is 47.5 Å². The van der Waals surface area contributed by atoms with Gasteiger partial charge in [0.2, 0.25) is 0 Å². The lowest BCUT2D eigenvalue weighted by Gasteiger charge is -2.15. The molecule has 0 spiro atoms. The summed E-state index contributed by atoms with van der Waals surface area (Å²) >= 11 is 0. The molecular formula is C28H28FN3O2. The van der Waals surface area contributed by atoms with Gasteiger partial charge in [-0.1, -0.05) is 31.9 Å². The molecule has 34 heavy (non-hydrogen) atoms. The van der Waals surface area contributed by atoms with E-state index in [1.165, 1.54) is 30.5 Å². The Labute approximate surface area is 198 Å². The lowest BCUT2D eigenvalue weighted by atomic mass is 10.0. The summed E-state index contributed by atoms with van der Waals surface area (Å²) in [6.45, 7) is 4.11. The third kappa shape index (κ3) is 4.16. The Morgan fingerprint density at radius 2 is 1.88 bits per heavy atom. The number of rotatable bonds is 6. The second-order valence-corrected chi connectivity index (χ2v) is 8.86. The Morgan fingerprint density at radius 1 is 1.12 bits per heavy atom. The highest BCUT2D eigenvalue weighted by molar-refractivity contribution is 6.03. The molecule has 4 aromatic rings. The molecular weight excluding hydrogens is 429 g/mol.